The smallest absolute Gasteiger partial charge is 0.277 e. The van der Waals surface area contributed by atoms with E-state index in [-0.39, 0.29) is 18.1 Å². The van der Waals surface area contributed by atoms with Crippen LogP contribution in [0.1, 0.15) is 12.4 Å². The Morgan fingerprint density at radius 3 is 2.88 bits per heavy atom. The molecule has 1 aromatic heterocycles. The average molecular weight is 286 g/mol. The summed E-state index contributed by atoms with van der Waals surface area (Å²) in [5.41, 5.74) is 1.07. The third-order valence-electron chi connectivity index (χ3n) is 1.81. The zero-order valence-electron chi connectivity index (χ0n) is 8.55. The molecule has 0 aliphatic carbocycles. The van der Waals surface area contributed by atoms with Crippen molar-refractivity contribution in [2.45, 2.75) is 13.1 Å². The first kappa shape index (κ1) is 14.1. The summed E-state index contributed by atoms with van der Waals surface area (Å²) in [7, 11) is -3.58. The number of alkyl halides is 2. The van der Waals surface area contributed by atoms with Crippen molar-refractivity contribution in [3.05, 3.63) is 29.8 Å². The molecule has 5 nitrogen and oxygen atoms in total. The van der Waals surface area contributed by atoms with Crippen molar-refractivity contribution in [2.24, 2.45) is 0 Å². The van der Waals surface area contributed by atoms with E-state index in [4.69, 9.17) is 11.6 Å². The molecule has 0 radical (unpaired) electrons. The summed E-state index contributed by atoms with van der Waals surface area (Å²) in [5, 5.41) is 0. The molecule has 1 aromatic rings. The van der Waals surface area contributed by atoms with Gasteiger partial charge in [-0.3, -0.25) is 4.57 Å². The highest BCUT2D eigenvalue weighted by Gasteiger charge is 2.14. The Bertz CT molecular complexity index is 487. The van der Waals surface area contributed by atoms with Gasteiger partial charge in [0, 0.05) is 17.9 Å². The van der Waals surface area contributed by atoms with Gasteiger partial charge in [0.15, 0.2) is 0 Å². The predicted octanol–water partition coefficient (Wildman–Crippen LogP) is 1.45. The molecule has 0 saturated carbocycles. The first-order valence-electron chi connectivity index (χ1n) is 4.48. The van der Waals surface area contributed by atoms with Crippen LogP contribution in [0.25, 0.3) is 0 Å². The zero-order valence-corrected chi connectivity index (χ0v) is 10.1. The maximum absolute atomic E-state index is 12.4. The predicted molar refractivity (Wildman–Crippen MR) is 59.1 cm³/mol. The number of imidazole rings is 1. The van der Waals surface area contributed by atoms with E-state index in [0.29, 0.717) is 4.57 Å². The second-order valence-corrected chi connectivity index (χ2v) is 5.10. The van der Waals surface area contributed by atoms with E-state index in [0.717, 1.165) is 11.7 Å². The van der Waals surface area contributed by atoms with Gasteiger partial charge in [0.05, 0.1) is 12.3 Å². The highest BCUT2D eigenvalue weighted by Crippen LogP contribution is 2.12. The molecule has 0 unspecified atom stereocenters. The van der Waals surface area contributed by atoms with Crippen LogP contribution >= 0.6 is 11.6 Å². The minimum Gasteiger partial charge on any atom is -0.277 e. The number of aromatic nitrogens is 2. The third kappa shape index (κ3) is 4.41. The van der Waals surface area contributed by atoms with Crippen LogP contribution in [-0.2, 0) is 16.6 Å². The number of rotatable bonds is 6. The lowest BCUT2D eigenvalue weighted by molar-refractivity contribution is 0.0669. The fraction of sp³-hybridized carbons (Fsp3) is 0.375. The molecule has 1 N–H and O–H groups in total. The SMILES string of the molecule is O=S(=O)(CC=CCl)NCc1nccn1C(F)F. The molecule has 0 atom stereocenters. The van der Waals surface area contributed by atoms with Crippen molar-refractivity contribution in [1.29, 1.82) is 0 Å². The van der Waals surface area contributed by atoms with Crippen LogP contribution in [0.15, 0.2) is 24.0 Å². The summed E-state index contributed by atoms with van der Waals surface area (Å²) in [6, 6.07) is 0. The van der Waals surface area contributed by atoms with Crippen LogP contribution in [0.4, 0.5) is 8.78 Å². The Hall–Kier alpha value is -0.990. The van der Waals surface area contributed by atoms with Gasteiger partial charge in [0.2, 0.25) is 10.0 Å². The fourth-order valence-electron chi connectivity index (χ4n) is 1.06. The highest BCUT2D eigenvalue weighted by molar-refractivity contribution is 7.89. The van der Waals surface area contributed by atoms with Gasteiger partial charge in [-0.05, 0) is 0 Å². The first-order chi connectivity index (χ1) is 7.96. The van der Waals surface area contributed by atoms with Crippen molar-refractivity contribution in [2.75, 3.05) is 5.75 Å². The molecule has 9 heteroatoms. The minimum absolute atomic E-state index is 0.0570. The third-order valence-corrected chi connectivity index (χ3v) is 3.21. The molecule has 0 aliphatic rings. The molecule has 0 saturated heterocycles. The van der Waals surface area contributed by atoms with Crippen LogP contribution in [0.3, 0.4) is 0 Å². The Balaban J connectivity index is 2.64. The lowest BCUT2D eigenvalue weighted by Crippen LogP contribution is -2.26. The average Bonchev–Trinajstić information content (AvgIpc) is 2.72. The number of halogens is 3. The molecule has 0 amide bonds. The Labute approximate surface area is 102 Å². The second kappa shape index (κ2) is 6.08. The Kier molecular flexibility index (Phi) is 5.03. The fourth-order valence-corrected chi connectivity index (χ4v) is 2.07. The van der Waals surface area contributed by atoms with Crippen LogP contribution in [0, 0.1) is 0 Å². The van der Waals surface area contributed by atoms with E-state index < -0.39 is 16.6 Å². The quantitative estimate of drug-likeness (QED) is 0.860. The normalized spacial score (nSPS) is 12.7. The van der Waals surface area contributed by atoms with Gasteiger partial charge in [-0.25, -0.2) is 18.1 Å². The van der Waals surface area contributed by atoms with Crippen LogP contribution in [0.2, 0.25) is 0 Å². The molecule has 17 heavy (non-hydrogen) atoms. The van der Waals surface area contributed by atoms with E-state index >= 15 is 0 Å². The van der Waals surface area contributed by atoms with E-state index in [1.54, 1.807) is 0 Å². The largest absolute Gasteiger partial charge is 0.319 e. The maximum Gasteiger partial charge on any atom is 0.319 e. The van der Waals surface area contributed by atoms with E-state index in [2.05, 4.69) is 9.71 Å². The number of nitrogens with zero attached hydrogens (tertiary/aromatic N) is 2. The van der Waals surface area contributed by atoms with Gasteiger partial charge in [-0.1, -0.05) is 17.7 Å². The van der Waals surface area contributed by atoms with E-state index in [1.165, 1.54) is 12.3 Å². The molecule has 0 bridgehead atoms. The number of hydrogen-bond acceptors (Lipinski definition) is 3. The number of hydrogen-bond donors (Lipinski definition) is 1. The van der Waals surface area contributed by atoms with Crippen LogP contribution < -0.4 is 4.72 Å². The van der Waals surface area contributed by atoms with Crippen molar-refractivity contribution < 1.29 is 17.2 Å². The molecular weight excluding hydrogens is 276 g/mol. The summed E-state index contributed by atoms with van der Waals surface area (Å²) in [6.07, 6.45) is 3.48. The van der Waals surface area contributed by atoms with Crippen LogP contribution in [0.5, 0.6) is 0 Å². The van der Waals surface area contributed by atoms with E-state index in [9.17, 15) is 17.2 Å². The van der Waals surface area contributed by atoms with E-state index in [1.807, 2.05) is 0 Å². The monoisotopic (exact) mass is 285 g/mol. The minimum atomic E-state index is -3.58. The molecular formula is C8H10ClF2N3O2S. The molecule has 1 rings (SSSR count). The van der Waals surface area contributed by atoms with Crippen molar-refractivity contribution in [3.8, 4) is 0 Å². The molecule has 0 aromatic carbocycles. The Morgan fingerprint density at radius 1 is 1.59 bits per heavy atom. The molecule has 96 valence electrons. The molecule has 0 fully saturated rings. The Morgan fingerprint density at radius 2 is 2.29 bits per heavy atom. The number of nitrogens with one attached hydrogen (secondary N) is 1. The number of sulfonamides is 1. The second-order valence-electron chi connectivity index (χ2n) is 2.99. The van der Waals surface area contributed by atoms with Crippen molar-refractivity contribution in [1.82, 2.24) is 14.3 Å². The summed E-state index contributed by atoms with van der Waals surface area (Å²) in [5.74, 6) is -0.371. The molecule has 1 heterocycles. The lowest BCUT2D eigenvalue weighted by Gasteiger charge is -2.07. The lowest BCUT2D eigenvalue weighted by atomic mass is 10.6. The molecule has 0 aliphatic heterocycles. The van der Waals surface area contributed by atoms with Gasteiger partial charge >= 0.3 is 6.55 Å². The van der Waals surface area contributed by atoms with Crippen molar-refractivity contribution >= 4 is 21.6 Å². The highest BCUT2D eigenvalue weighted by atomic mass is 35.5. The topological polar surface area (TPSA) is 64.0 Å². The molecule has 0 spiro atoms. The van der Waals surface area contributed by atoms with Crippen molar-refractivity contribution in [3.63, 3.8) is 0 Å². The summed E-state index contributed by atoms with van der Waals surface area (Å²) < 4.78 is 50.2. The summed E-state index contributed by atoms with van der Waals surface area (Å²) >= 11 is 5.19. The van der Waals surface area contributed by atoms with Gasteiger partial charge in [0.25, 0.3) is 0 Å². The van der Waals surface area contributed by atoms with Gasteiger partial charge in [-0.15, -0.1) is 0 Å². The van der Waals surface area contributed by atoms with Gasteiger partial charge in [0.1, 0.15) is 5.82 Å². The standard InChI is InChI=1S/C8H10ClF2N3O2S/c9-2-1-5-17(15,16)13-6-7-12-3-4-14(7)8(10)11/h1-4,8,13H,5-6H2. The maximum atomic E-state index is 12.4. The summed E-state index contributed by atoms with van der Waals surface area (Å²) in [6.45, 7) is -3.05. The zero-order chi connectivity index (χ0) is 12.9. The van der Waals surface area contributed by atoms with Gasteiger partial charge < -0.3 is 0 Å². The first-order valence-corrected chi connectivity index (χ1v) is 6.57. The summed E-state index contributed by atoms with van der Waals surface area (Å²) in [4.78, 5) is 3.63. The van der Waals surface area contributed by atoms with Gasteiger partial charge in [-0.2, -0.15) is 8.78 Å². The van der Waals surface area contributed by atoms with Crippen LogP contribution in [-0.4, -0.2) is 23.7 Å².